The number of nitrogens with one attached hydrogen (secondary N) is 1. The van der Waals surface area contributed by atoms with Gasteiger partial charge in [0.05, 0.1) is 13.7 Å². The fraction of sp³-hybridized carbons (Fsp3) is 0.417. The molecule has 0 saturated carbocycles. The molecule has 1 aliphatic rings. The van der Waals surface area contributed by atoms with Crippen LogP contribution in [0.15, 0.2) is 18.2 Å². The fourth-order valence-electron chi connectivity index (χ4n) is 1.76. The van der Waals surface area contributed by atoms with Crippen molar-refractivity contribution in [3.63, 3.8) is 0 Å². The smallest absolute Gasteiger partial charge is 0.327 e. The molecule has 0 spiro atoms. The standard InChI is InChI=1S/C12H15NO3/c1-8(12(14)15-2)13-10-3-4-11-9(7-10)5-6-16-11/h3-4,7-8,13H,5-6H2,1-2H3. The quantitative estimate of drug-likeness (QED) is 0.787. The van der Waals surface area contributed by atoms with E-state index in [0.29, 0.717) is 0 Å². The molecule has 86 valence electrons. The number of methoxy groups -OCH3 is 1. The lowest BCUT2D eigenvalue weighted by Crippen LogP contribution is -2.27. The highest BCUT2D eigenvalue weighted by Gasteiger charge is 2.15. The molecule has 1 atom stereocenters. The van der Waals surface area contributed by atoms with Crippen molar-refractivity contribution in [1.29, 1.82) is 0 Å². The van der Waals surface area contributed by atoms with Gasteiger partial charge >= 0.3 is 5.97 Å². The Hall–Kier alpha value is -1.71. The Kier molecular flexibility index (Phi) is 2.99. The SMILES string of the molecule is COC(=O)C(C)Nc1ccc2c(c1)CCO2. The van der Waals surface area contributed by atoms with Gasteiger partial charge in [-0.1, -0.05) is 0 Å². The molecule has 0 saturated heterocycles. The molecule has 1 aliphatic heterocycles. The number of hydrogen-bond acceptors (Lipinski definition) is 4. The van der Waals surface area contributed by atoms with Crippen LogP contribution in [0.1, 0.15) is 12.5 Å². The first-order valence-electron chi connectivity index (χ1n) is 5.31. The third kappa shape index (κ3) is 2.10. The second kappa shape index (κ2) is 4.43. The van der Waals surface area contributed by atoms with Crippen molar-refractivity contribution in [2.75, 3.05) is 19.0 Å². The summed E-state index contributed by atoms with van der Waals surface area (Å²) in [6.45, 7) is 2.51. The summed E-state index contributed by atoms with van der Waals surface area (Å²) in [5.74, 6) is 0.674. The molecule has 4 heteroatoms. The Morgan fingerprint density at radius 1 is 1.56 bits per heavy atom. The Bertz CT molecular complexity index is 403. The zero-order valence-corrected chi connectivity index (χ0v) is 9.45. The number of carbonyl (C=O) groups excluding carboxylic acids is 1. The Labute approximate surface area is 94.6 Å². The van der Waals surface area contributed by atoms with Crippen LogP contribution in [0, 0.1) is 0 Å². The molecule has 0 aromatic heterocycles. The van der Waals surface area contributed by atoms with Gasteiger partial charge in [-0.2, -0.15) is 0 Å². The van der Waals surface area contributed by atoms with Gasteiger partial charge in [0.25, 0.3) is 0 Å². The molecule has 16 heavy (non-hydrogen) atoms. The summed E-state index contributed by atoms with van der Waals surface area (Å²) in [5.41, 5.74) is 2.10. The first-order chi connectivity index (χ1) is 7.70. The van der Waals surface area contributed by atoms with Gasteiger partial charge in [0.2, 0.25) is 0 Å². The number of anilines is 1. The predicted molar refractivity (Wildman–Crippen MR) is 60.7 cm³/mol. The zero-order valence-electron chi connectivity index (χ0n) is 9.45. The number of esters is 1. The second-order valence-corrected chi connectivity index (χ2v) is 3.81. The van der Waals surface area contributed by atoms with Crippen LogP contribution in [0.5, 0.6) is 5.75 Å². The van der Waals surface area contributed by atoms with Crippen molar-refractivity contribution in [3.8, 4) is 5.75 Å². The molecule has 1 unspecified atom stereocenters. The van der Waals surface area contributed by atoms with Gasteiger partial charge in [0, 0.05) is 12.1 Å². The van der Waals surface area contributed by atoms with Crippen molar-refractivity contribution in [2.45, 2.75) is 19.4 Å². The van der Waals surface area contributed by atoms with E-state index in [2.05, 4.69) is 10.1 Å². The molecular weight excluding hydrogens is 206 g/mol. The summed E-state index contributed by atoms with van der Waals surface area (Å²) in [6.07, 6.45) is 0.928. The Morgan fingerprint density at radius 2 is 2.38 bits per heavy atom. The lowest BCUT2D eigenvalue weighted by Gasteiger charge is -2.13. The van der Waals surface area contributed by atoms with E-state index in [1.807, 2.05) is 18.2 Å². The Morgan fingerprint density at radius 3 is 3.12 bits per heavy atom. The summed E-state index contributed by atoms with van der Waals surface area (Å²) in [4.78, 5) is 11.2. The number of carbonyl (C=O) groups is 1. The van der Waals surface area contributed by atoms with Crippen LogP contribution < -0.4 is 10.1 Å². The van der Waals surface area contributed by atoms with Crippen molar-refractivity contribution in [1.82, 2.24) is 0 Å². The van der Waals surface area contributed by atoms with E-state index < -0.39 is 0 Å². The topological polar surface area (TPSA) is 47.6 Å². The minimum atomic E-state index is -0.342. The van der Waals surface area contributed by atoms with E-state index in [-0.39, 0.29) is 12.0 Å². The number of fused-ring (bicyclic) bond motifs is 1. The van der Waals surface area contributed by atoms with E-state index in [9.17, 15) is 4.79 Å². The predicted octanol–water partition coefficient (Wildman–Crippen LogP) is 1.59. The molecule has 2 rings (SSSR count). The second-order valence-electron chi connectivity index (χ2n) is 3.81. The minimum absolute atomic E-state index is 0.267. The molecule has 0 fully saturated rings. The average molecular weight is 221 g/mol. The van der Waals surface area contributed by atoms with Crippen molar-refractivity contribution < 1.29 is 14.3 Å². The first-order valence-corrected chi connectivity index (χ1v) is 5.31. The molecule has 1 heterocycles. The summed E-state index contributed by atoms with van der Waals surface area (Å²) >= 11 is 0. The van der Waals surface area contributed by atoms with E-state index >= 15 is 0 Å². The van der Waals surface area contributed by atoms with Crippen LogP contribution in [0.25, 0.3) is 0 Å². The van der Waals surface area contributed by atoms with Gasteiger partial charge in [-0.15, -0.1) is 0 Å². The number of benzene rings is 1. The average Bonchev–Trinajstić information content (AvgIpc) is 2.75. The van der Waals surface area contributed by atoms with E-state index in [1.54, 1.807) is 6.92 Å². The number of ether oxygens (including phenoxy) is 2. The first kappa shape index (κ1) is 10.8. The van der Waals surface area contributed by atoms with Crippen LogP contribution >= 0.6 is 0 Å². The Balaban J connectivity index is 2.08. The van der Waals surface area contributed by atoms with Gasteiger partial charge in [-0.25, -0.2) is 4.79 Å². The lowest BCUT2D eigenvalue weighted by atomic mass is 10.1. The van der Waals surface area contributed by atoms with Gasteiger partial charge in [0.15, 0.2) is 0 Å². The fourth-order valence-corrected chi connectivity index (χ4v) is 1.76. The molecular formula is C12H15NO3. The van der Waals surface area contributed by atoms with Crippen molar-refractivity contribution in [3.05, 3.63) is 23.8 Å². The molecule has 1 aromatic rings. The maximum Gasteiger partial charge on any atom is 0.327 e. The molecule has 0 bridgehead atoms. The van der Waals surface area contributed by atoms with Crippen LogP contribution in [0.2, 0.25) is 0 Å². The van der Waals surface area contributed by atoms with E-state index in [4.69, 9.17) is 4.74 Å². The monoisotopic (exact) mass is 221 g/mol. The summed E-state index contributed by atoms with van der Waals surface area (Å²) in [5, 5.41) is 3.09. The van der Waals surface area contributed by atoms with E-state index in [0.717, 1.165) is 24.5 Å². The van der Waals surface area contributed by atoms with E-state index in [1.165, 1.54) is 12.7 Å². The zero-order chi connectivity index (χ0) is 11.5. The highest BCUT2D eigenvalue weighted by Crippen LogP contribution is 2.28. The largest absolute Gasteiger partial charge is 0.493 e. The van der Waals surface area contributed by atoms with Crippen molar-refractivity contribution in [2.24, 2.45) is 0 Å². The minimum Gasteiger partial charge on any atom is -0.493 e. The molecule has 0 radical (unpaired) electrons. The maximum absolute atomic E-state index is 11.2. The van der Waals surface area contributed by atoms with Gasteiger partial charge in [-0.3, -0.25) is 0 Å². The summed E-state index contributed by atoms with van der Waals surface area (Å²) in [6, 6.07) is 5.51. The van der Waals surface area contributed by atoms with Gasteiger partial charge in [0.1, 0.15) is 11.8 Å². The number of hydrogen-bond donors (Lipinski definition) is 1. The van der Waals surface area contributed by atoms with Crippen LogP contribution in [-0.4, -0.2) is 25.7 Å². The summed E-state index contributed by atoms with van der Waals surface area (Å²) < 4.78 is 10.1. The van der Waals surface area contributed by atoms with Crippen molar-refractivity contribution >= 4 is 11.7 Å². The highest BCUT2D eigenvalue weighted by molar-refractivity contribution is 5.78. The molecule has 0 amide bonds. The van der Waals surface area contributed by atoms with Crippen LogP contribution in [0.4, 0.5) is 5.69 Å². The molecule has 1 N–H and O–H groups in total. The molecule has 1 aromatic carbocycles. The molecule has 0 aliphatic carbocycles. The van der Waals surface area contributed by atoms with Gasteiger partial charge < -0.3 is 14.8 Å². The lowest BCUT2D eigenvalue weighted by molar-refractivity contribution is -0.141. The number of rotatable bonds is 3. The molecule has 4 nitrogen and oxygen atoms in total. The van der Waals surface area contributed by atoms with Crippen LogP contribution in [0.3, 0.4) is 0 Å². The summed E-state index contributed by atoms with van der Waals surface area (Å²) in [7, 11) is 1.39. The van der Waals surface area contributed by atoms with Crippen LogP contribution in [-0.2, 0) is 16.0 Å². The third-order valence-corrected chi connectivity index (χ3v) is 2.63. The van der Waals surface area contributed by atoms with Gasteiger partial charge in [-0.05, 0) is 30.7 Å². The maximum atomic E-state index is 11.2. The highest BCUT2D eigenvalue weighted by atomic mass is 16.5. The third-order valence-electron chi connectivity index (χ3n) is 2.63. The normalized spacial score (nSPS) is 14.9.